The van der Waals surface area contributed by atoms with Gasteiger partial charge in [-0.25, -0.2) is 0 Å². The predicted molar refractivity (Wildman–Crippen MR) is 80.5 cm³/mol. The maximum absolute atomic E-state index is 10.9. The van der Waals surface area contributed by atoms with Gasteiger partial charge in [0.25, 0.3) is 4.82 Å². The molecule has 0 heterocycles. The first-order valence-corrected chi connectivity index (χ1v) is 7.20. The van der Waals surface area contributed by atoms with Crippen LogP contribution >= 0.6 is 15.9 Å². The summed E-state index contributed by atoms with van der Waals surface area (Å²) in [5, 5.41) is 2.81. The van der Waals surface area contributed by atoms with E-state index in [1.807, 2.05) is 0 Å². The minimum atomic E-state index is -0.160. The molecule has 0 aliphatic rings. The summed E-state index contributed by atoms with van der Waals surface area (Å²) >= 11 is 2.89. The van der Waals surface area contributed by atoms with Crippen molar-refractivity contribution < 1.29 is 4.79 Å². The molecular formula is C15H22BrNO. The highest BCUT2D eigenvalue weighted by atomic mass is 79.9. The summed E-state index contributed by atoms with van der Waals surface area (Å²) in [7, 11) is 0. The molecule has 100 valence electrons. The van der Waals surface area contributed by atoms with Crippen molar-refractivity contribution in [1.29, 1.82) is 0 Å². The second kappa shape index (κ2) is 6.37. The molecule has 1 aromatic carbocycles. The summed E-state index contributed by atoms with van der Waals surface area (Å²) in [5.74, 6) is 0.601. The summed E-state index contributed by atoms with van der Waals surface area (Å²) in [4.78, 5) is 10.7. The quantitative estimate of drug-likeness (QED) is 0.625. The van der Waals surface area contributed by atoms with Crippen LogP contribution in [0.2, 0.25) is 0 Å². The molecule has 0 spiro atoms. The molecule has 0 saturated carbocycles. The smallest absolute Gasteiger partial charge is 0.287 e. The van der Waals surface area contributed by atoms with Crippen LogP contribution in [0, 0.1) is 0 Å². The van der Waals surface area contributed by atoms with Gasteiger partial charge in [-0.05, 0) is 23.5 Å². The van der Waals surface area contributed by atoms with E-state index in [0.29, 0.717) is 12.5 Å². The van der Waals surface area contributed by atoms with Crippen LogP contribution in [0.3, 0.4) is 0 Å². The zero-order valence-corrected chi connectivity index (χ0v) is 13.2. The normalized spacial score (nSPS) is 13.2. The Hall–Kier alpha value is -0.830. The van der Waals surface area contributed by atoms with Crippen LogP contribution < -0.4 is 5.32 Å². The van der Waals surface area contributed by atoms with Gasteiger partial charge in [-0.3, -0.25) is 4.79 Å². The standard InChI is InChI=1S/C15H22BrNO/c1-5-11(2)12-6-8-13(9-7-12)15(3,4)10-17-14(16)18/h6-9,11H,5,10H2,1-4H3,(H,17,18). The maximum Gasteiger partial charge on any atom is 0.287 e. The van der Waals surface area contributed by atoms with Crippen LogP contribution in [0.4, 0.5) is 4.79 Å². The molecule has 0 saturated heterocycles. The number of rotatable bonds is 5. The Kier molecular flexibility index (Phi) is 5.39. The number of nitrogens with one attached hydrogen (secondary N) is 1. The molecule has 3 heteroatoms. The first-order chi connectivity index (χ1) is 8.36. The second-order valence-electron chi connectivity index (χ2n) is 5.44. The Labute approximate surface area is 118 Å². The average molecular weight is 312 g/mol. The molecule has 2 nitrogen and oxygen atoms in total. The summed E-state index contributed by atoms with van der Waals surface area (Å²) < 4.78 is 0. The van der Waals surface area contributed by atoms with Crippen LogP contribution in [0.25, 0.3) is 0 Å². The lowest BCUT2D eigenvalue weighted by Gasteiger charge is -2.25. The van der Waals surface area contributed by atoms with E-state index in [4.69, 9.17) is 0 Å². The number of carbonyl (C=O) groups excluding carboxylic acids is 1. The summed E-state index contributed by atoms with van der Waals surface area (Å²) in [6.07, 6.45) is 1.16. The molecule has 1 aromatic rings. The van der Waals surface area contributed by atoms with Gasteiger partial charge in [0.2, 0.25) is 0 Å². The Bertz CT molecular complexity index is 397. The fourth-order valence-electron chi connectivity index (χ4n) is 1.89. The van der Waals surface area contributed by atoms with E-state index in [2.05, 4.69) is 73.2 Å². The Morgan fingerprint density at radius 2 is 1.89 bits per heavy atom. The largest absolute Gasteiger partial charge is 0.346 e. The molecule has 1 unspecified atom stereocenters. The molecule has 0 aliphatic heterocycles. The third kappa shape index (κ3) is 4.13. The molecule has 1 amide bonds. The predicted octanol–water partition coefficient (Wildman–Crippen LogP) is 4.58. The highest BCUT2D eigenvalue weighted by molar-refractivity contribution is 9.18. The van der Waals surface area contributed by atoms with Crippen LogP contribution in [0.5, 0.6) is 0 Å². The van der Waals surface area contributed by atoms with Gasteiger partial charge in [-0.2, -0.15) is 0 Å². The molecule has 0 aliphatic carbocycles. The van der Waals surface area contributed by atoms with E-state index in [1.165, 1.54) is 11.1 Å². The number of hydrogen-bond donors (Lipinski definition) is 1. The van der Waals surface area contributed by atoms with Crippen molar-refractivity contribution in [3.05, 3.63) is 35.4 Å². The monoisotopic (exact) mass is 311 g/mol. The molecule has 0 bridgehead atoms. The fourth-order valence-corrected chi connectivity index (χ4v) is 2.03. The van der Waals surface area contributed by atoms with E-state index in [0.717, 1.165) is 6.42 Å². The van der Waals surface area contributed by atoms with Gasteiger partial charge >= 0.3 is 0 Å². The van der Waals surface area contributed by atoms with Crippen LogP contribution in [-0.2, 0) is 5.41 Å². The maximum atomic E-state index is 10.9. The van der Waals surface area contributed by atoms with Gasteiger partial charge in [-0.15, -0.1) is 0 Å². The first kappa shape index (κ1) is 15.2. The van der Waals surface area contributed by atoms with E-state index in [-0.39, 0.29) is 10.2 Å². The number of halogens is 1. The van der Waals surface area contributed by atoms with Crippen molar-refractivity contribution in [2.45, 2.75) is 45.4 Å². The number of amides is 1. The zero-order chi connectivity index (χ0) is 13.8. The summed E-state index contributed by atoms with van der Waals surface area (Å²) in [6, 6.07) is 8.73. The van der Waals surface area contributed by atoms with Gasteiger partial charge < -0.3 is 5.32 Å². The van der Waals surface area contributed by atoms with Crippen molar-refractivity contribution in [3.63, 3.8) is 0 Å². The van der Waals surface area contributed by atoms with Gasteiger partial charge in [0.15, 0.2) is 0 Å². The zero-order valence-electron chi connectivity index (χ0n) is 11.6. The van der Waals surface area contributed by atoms with E-state index < -0.39 is 0 Å². The Morgan fingerprint density at radius 1 is 1.33 bits per heavy atom. The third-order valence-electron chi connectivity index (χ3n) is 3.54. The average Bonchev–Trinajstić information content (AvgIpc) is 2.36. The van der Waals surface area contributed by atoms with Gasteiger partial charge in [0.05, 0.1) is 0 Å². The van der Waals surface area contributed by atoms with Crippen LogP contribution in [0.15, 0.2) is 24.3 Å². The van der Waals surface area contributed by atoms with Crippen molar-refractivity contribution in [2.75, 3.05) is 6.54 Å². The molecule has 0 fully saturated rings. The molecule has 0 aromatic heterocycles. The molecule has 1 N–H and O–H groups in total. The van der Waals surface area contributed by atoms with Crippen molar-refractivity contribution in [1.82, 2.24) is 5.32 Å². The highest BCUT2D eigenvalue weighted by Crippen LogP contribution is 2.25. The van der Waals surface area contributed by atoms with Crippen molar-refractivity contribution in [3.8, 4) is 0 Å². The van der Waals surface area contributed by atoms with Crippen molar-refractivity contribution in [2.24, 2.45) is 0 Å². The topological polar surface area (TPSA) is 29.1 Å². The Balaban J connectivity index is 2.80. The number of benzene rings is 1. The van der Waals surface area contributed by atoms with Crippen LogP contribution in [0.1, 0.15) is 51.2 Å². The van der Waals surface area contributed by atoms with Gasteiger partial charge in [0.1, 0.15) is 0 Å². The van der Waals surface area contributed by atoms with E-state index in [9.17, 15) is 4.79 Å². The lowest BCUT2D eigenvalue weighted by Crippen LogP contribution is -2.34. The van der Waals surface area contributed by atoms with Gasteiger partial charge in [0, 0.05) is 27.9 Å². The highest BCUT2D eigenvalue weighted by Gasteiger charge is 2.21. The first-order valence-electron chi connectivity index (χ1n) is 6.40. The lowest BCUT2D eigenvalue weighted by molar-refractivity contribution is 0.259. The fraction of sp³-hybridized carbons (Fsp3) is 0.533. The molecule has 1 rings (SSSR count). The minimum Gasteiger partial charge on any atom is -0.346 e. The minimum absolute atomic E-state index is 0.0581. The number of carbonyl (C=O) groups is 1. The molecule has 18 heavy (non-hydrogen) atoms. The second-order valence-corrected chi connectivity index (χ2v) is 6.16. The van der Waals surface area contributed by atoms with E-state index >= 15 is 0 Å². The molecule has 1 atom stereocenters. The lowest BCUT2D eigenvalue weighted by atomic mass is 9.83. The molecular weight excluding hydrogens is 290 g/mol. The summed E-state index contributed by atoms with van der Waals surface area (Å²) in [6.45, 7) is 9.33. The van der Waals surface area contributed by atoms with E-state index in [1.54, 1.807) is 0 Å². The van der Waals surface area contributed by atoms with Gasteiger partial charge in [-0.1, -0.05) is 52.0 Å². The number of hydrogen-bond acceptors (Lipinski definition) is 1. The van der Waals surface area contributed by atoms with Crippen LogP contribution in [-0.4, -0.2) is 11.4 Å². The molecule has 0 radical (unpaired) electrons. The Morgan fingerprint density at radius 3 is 2.33 bits per heavy atom. The summed E-state index contributed by atoms with van der Waals surface area (Å²) in [5.41, 5.74) is 2.56. The SMILES string of the molecule is CCC(C)c1ccc(C(C)(C)CNC(=O)Br)cc1. The third-order valence-corrected chi connectivity index (χ3v) is 3.82. The van der Waals surface area contributed by atoms with Crippen molar-refractivity contribution >= 4 is 20.7 Å².